The Kier molecular flexibility index (Phi) is 4.74. The first kappa shape index (κ1) is 15.7. The Bertz CT molecular complexity index is 690. The first-order chi connectivity index (χ1) is 9.88. The third-order valence-electron chi connectivity index (χ3n) is 2.70. The summed E-state index contributed by atoms with van der Waals surface area (Å²) in [5.74, 6) is -1.52. The van der Waals surface area contributed by atoms with Gasteiger partial charge in [-0.1, -0.05) is 11.6 Å². The standard InChI is InChI=1S/C13H8BrClF2N2O2/c14-10-4-9(16)5-11(17)13(10)18-6-7-3-8(15)1-2-12(7)19(20)21/h1-5,18H,6H2. The van der Waals surface area contributed by atoms with Crippen LogP contribution in [0.1, 0.15) is 5.56 Å². The first-order valence-electron chi connectivity index (χ1n) is 5.69. The average molecular weight is 378 g/mol. The van der Waals surface area contributed by atoms with Crippen molar-refractivity contribution in [3.8, 4) is 0 Å². The third kappa shape index (κ3) is 3.68. The zero-order valence-corrected chi connectivity index (χ0v) is 12.7. The molecule has 0 heterocycles. The lowest BCUT2D eigenvalue weighted by Crippen LogP contribution is -2.05. The molecule has 2 aromatic carbocycles. The molecule has 0 aliphatic carbocycles. The van der Waals surface area contributed by atoms with Crippen molar-refractivity contribution in [1.29, 1.82) is 0 Å². The molecule has 0 aliphatic rings. The lowest BCUT2D eigenvalue weighted by atomic mass is 10.1. The van der Waals surface area contributed by atoms with Gasteiger partial charge in [-0.05, 0) is 34.1 Å². The van der Waals surface area contributed by atoms with E-state index in [9.17, 15) is 18.9 Å². The zero-order chi connectivity index (χ0) is 15.6. The van der Waals surface area contributed by atoms with Crippen molar-refractivity contribution >= 4 is 38.9 Å². The Labute approximate surface area is 132 Å². The smallest absolute Gasteiger partial charge is 0.274 e. The van der Waals surface area contributed by atoms with Gasteiger partial charge in [0, 0.05) is 28.2 Å². The molecule has 0 aromatic heterocycles. The summed E-state index contributed by atoms with van der Waals surface area (Å²) < 4.78 is 26.8. The van der Waals surface area contributed by atoms with Crippen LogP contribution in [0.15, 0.2) is 34.8 Å². The number of halogens is 4. The van der Waals surface area contributed by atoms with Crippen LogP contribution in [0.2, 0.25) is 5.02 Å². The summed E-state index contributed by atoms with van der Waals surface area (Å²) in [4.78, 5) is 10.4. The maximum atomic E-state index is 13.7. The second kappa shape index (κ2) is 6.36. The van der Waals surface area contributed by atoms with E-state index in [1.807, 2.05) is 0 Å². The van der Waals surface area contributed by atoms with Crippen molar-refractivity contribution in [3.63, 3.8) is 0 Å². The van der Waals surface area contributed by atoms with E-state index in [4.69, 9.17) is 11.6 Å². The van der Waals surface area contributed by atoms with Gasteiger partial charge in [0.1, 0.15) is 11.6 Å². The Balaban J connectivity index is 2.28. The summed E-state index contributed by atoms with van der Waals surface area (Å²) >= 11 is 8.83. The van der Waals surface area contributed by atoms with Crippen LogP contribution in [0.25, 0.3) is 0 Å². The summed E-state index contributed by atoms with van der Waals surface area (Å²) in [5.41, 5.74) is 0.180. The van der Waals surface area contributed by atoms with Crippen LogP contribution in [0.5, 0.6) is 0 Å². The van der Waals surface area contributed by atoms with E-state index in [1.54, 1.807) is 0 Å². The molecule has 0 bridgehead atoms. The number of benzene rings is 2. The van der Waals surface area contributed by atoms with E-state index in [2.05, 4.69) is 21.2 Å². The lowest BCUT2D eigenvalue weighted by Gasteiger charge is -2.10. The minimum atomic E-state index is -0.799. The zero-order valence-electron chi connectivity index (χ0n) is 10.4. The highest BCUT2D eigenvalue weighted by atomic mass is 79.9. The molecule has 110 valence electrons. The maximum Gasteiger partial charge on any atom is 0.274 e. The molecular formula is C13H8BrClF2N2O2. The van der Waals surface area contributed by atoms with Gasteiger partial charge in [-0.15, -0.1) is 0 Å². The third-order valence-corrected chi connectivity index (χ3v) is 3.56. The number of nitro groups is 1. The first-order valence-corrected chi connectivity index (χ1v) is 6.87. The molecule has 0 fully saturated rings. The van der Waals surface area contributed by atoms with E-state index in [0.717, 1.165) is 12.1 Å². The van der Waals surface area contributed by atoms with Crippen molar-refractivity contribution in [2.24, 2.45) is 0 Å². The van der Waals surface area contributed by atoms with E-state index >= 15 is 0 Å². The highest BCUT2D eigenvalue weighted by molar-refractivity contribution is 9.10. The van der Waals surface area contributed by atoms with Crippen LogP contribution < -0.4 is 5.32 Å². The Hall–Kier alpha value is -1.73. The Morgan fingerprint density at radius 3 is 2.62 bits per heavy atom. The average Bonchev–Trinajstić information content (AvgIpc) is 2.37. The monoisotopic (exact) mass is 376 g/mol. The van der Waals surface area contributed by atoms with Crippen molar-refractivity contribution in [3.05, 3.63) is 67.1 Å². The normalized spacial score (nSPS) is 10.5. The molecule has 0 atom stereocenters. The second-order valence-electron chi connectivity index (χ2n) is 4.13. The van der Waals surface area contributed by atoms with Crippen LogP contribution in [-0.2, 0) is 6.54 Å². The number of hydrogen-bond donors (Lipinski definition) is 1. The van der Waals surface area contributed by atoms with Gasteiger partial charge in [0.25, 0.3) is 5.69 Å². The molecule has 0 aliphatic heterocycles. The lowest BCUT2D eigenvalue weighted by molar-refractivity contribution is -0.385. The van der Waals surface area contributed by atoms with Gasteiger partial charge in [0.05, 0.1) is 16.2 Å². The summed E-state index contributed by atoms with van der Waals surface area (Å²) in [5, 5.41) is 13.9. The van der Waals surface area contributed by atoms with Crippen LogP contribution in [-0.4, -0.2) is 4.92 Å². The number of nitrogens with zero attached hydrogens (tertiary/aromatic N) is 1. The minimum Gasteiger partial charge on any atom is -0.377 e. The van der Waals surface area contributed by atoms with Gasteiger partial charge in [-0.3, -0.25) is 10.1 Å². The van der Waals surface area contributed by atoms with Gasteiger partial charge in [0.15, 0.2) is 0 Å². The van der Waals surface area contributed by atoms with Crippen molar-refractivity contribution < 1.29 is 13.7 Å². The number of rotatable bonds is 4. The van der Waals surface area contributed by atoms with Crippen LogP contribution in [0.4, 0.5) is 20.2 Å². The minimum absolute atomic E-state index is 0.0191. The second-order valence-corrected chi connectivity index (χ2v) is 5.42. The number of nitro benzene ring substituents is 1. The highest BCUT2D eigenvalue weighted by Crippen LogP contribution is 2.29. The molecule has 8 heteroatoms. The van der Waals surface area contributed by atoms with E-state index in [-0.39, 0.29) is 22.4 Å². The van der Waals surface area contributed by atoms with E-state index in [0.29, 0.717) is 10.6 Å². The molecule has 2 rings (SSSR count). The molecule has 0 saturated heterocycles. The molecule has 0 radical (unpaired) electrons. The summed E-state index contributed by atoms with van der Waals surface area (Å²) in [6.07, 6.45) is 0. The number of hydrogen-bond acceptors (Lipinski definition) is 3. The fourth-order valence-electron chi connectivity index (χ4n) is 1.77. The van der Waals surface area contributed by atoms with Crippen molar-refractivity contribution in [2.75, 3.05) is 5.32 Å². The van der Waals surface area contributed by atoms with E-state index < -0.39 is 16.6 Å². The maximum absolute atomic E-state index is 13.7. The van der Waals surface area contributed by atoms with Gasteiger partial charge in [0.2, 0.25) is 0 Å². The molecule has 4 nitrogen and oxygen atoms in total. The molecule has 0 saturated carbocycles. The van der Waals surface area contributed by atoms with Crippen molar-refractivity contribution in [1.82, 2.24) is 0 Å². The predicted octanol–water partition coefficient (Wildman–Crippen LogP) is 4.90. The van der Waals surface area contributed by atoms with Crippen LogP contribution >= 0.6 is 27.5 Å². The molecule has 0 spiro atoms. The van der Waals surface area contributed by atoms with Crippen molar-refractivity contribution in [2.45, 2.75) is 6.54 Å². The number of nitrogens with one attached hydrogen (secondary N) is 1. The fraction of sp³-hybridized carbons (Fsp3) is 0.0769. The topological polar surface area (TPSA) is 55.2 Å². The van der Waals surface area contributed by atoms with Gasteiger partial charge in [-0.25, -0.2) is 8.78 Å². The van der Waals surface area contributed by atoms with Crippen LogP contribution in [0.3, 0.4) is 0 Å². The van der Waals surface area contributed by atoms with Gasteiger partial charge in [-0.2, -0.15) is 0 Å². The molecule has 1 N–H and O–H groups in total. The molecule has 21 heavy (non-hydrogen) atoms. The van der Waals surface area contributed by atoms with Gasteiger partial charge < -0.3 is 5.32 Å². The van der Waals surface area contributed by atoms with E-state index in [1.165, 1.54) is 18.2 Å². The quantitative estimate of drug-likeness (QED) is 0.609. The largest absolute Gasteiger partial charge is 0.377 e. The van der Waals surface area contributed by atoms with Crippen LogP contribution in [0, 0.1) is 21.7 Å². The molecule has 0 unspecified atom stereocenters. The Morgan fingerprint density at radius 2 is 2.00 bits per heavy atom. The fourth-order valence-corrected chi connectivity index (χ4v) is 2.51. The SMILES string of the molecule is O=[N+]([O-])c1ccc(Cl)cc1CNc1c(F)cc(F)cc1Br. The number of anilines is 1. The highest BCUT2D eigenvalue weighted by Gasteiger charge is 2.15. The molecular weight excluding hydrogens is 370 g/mol. The Morgan fingerprint density at radius 1 is 1.29 bits per heavy atom. The van der Waals surface area contributed by atoms with Gasteiger partial charge >= 0.3 is 0 Å². The molecule has 0 amide bonds. The molecule has 2 aromatic rings. The summed E-state index contributed by atoms with van der Waals surface area (Å²) in [6.45, 7) is -0.0297. The predicted molar refractivity (Wildman–Crippen MR) is 79.5 cm³/mol. The summed E-state index contributed by atoms with van der Waals surface area (Å²) in [6, 6.07) is 5.91. The summed E-state index contributed by atoms with van der Waals surface area (Å²) in [7, 11) is 0.